The van der Waals surface area contributed by atoms with Gasteiger partial charge in [-0.25, -0.2) is 4.79 Å². The van der Waals surface area contributed by atoms with Gasteiger partial charge < -0.3 is 15.7 Å². The number of benzene rings is 1. The van der Waals surface area contributed by atoms with Gasteiger partial charge in [-0.15, -0.1) is 0 Å². The van der Waals surface area contributed by atoms with Crippen molar-refractivity contribution in [3.8, 4) is 0 Å². The Balaban J connectivity index is 1.96. The number of hydrogen-bond donors (Lipinski definition) is 3. The Morgan fingerprint density at radius 3 is 2.90 bits per heavy atom. The van der Waals surface area contributed by atoms with Crippen LogP contribution in [0, 0.1) is 12.8 Å². The first-order valence-electron chi connectivity index (χ1n) is 6.91. The molecule has 1 aromatic carbocycles. The maximum atomic E-state index is 11.9. The zero-order chi connectivity index (χ0) is 14.5. The lowest BCUT2D eigenvalue weighted by molar-refractivity contribution is -0.116. The molecule has 0 saturated carbocycles. The van der Waals surface area contributed by atoms with E-state index in [1.54, 1.807) is 25.1 Å². The average Bonchev–Trinajstić information content (AvgIpc) is 2.89. The van der Waals surface area contributed by atoms with Gasteiger partial charge in [0.15, 0.2) is 0 Å². The number of hydrogen-bond acceptors (Lipinski definition) is 3. The van der Waals surface area contributed by atoms with Crippen LogP contribution in [0.1, 0.15) is 35.2 Å². The van der Waals surface area contributed by atoms with Crippen LogP contribution in [0.25, 0.3) is 0 Å². The van der Waals surface area contributed by atoms with E-state index in [4.69, 9.17) is 0 Å². The maximum Gasteiger partial charge on any atom is 0.338 e. The van der Waals surface area contributed by atoms with Gasteiger partial charge >= 0.3 is 5.97 Å². The van der Waals surface area contributed by atoms with Gasteiger partial charge in [0.2, 0.25) is 5.91 Å². The second kappa shape index (κ2) is 6.52. The molecule has 1 amide bonds. The summed E-state index contributed by atoms with van der Waals surface area (Å²) in [6, 6.07) is 5.10. The first kappa shape index (κ1) is 14.5. The van der Waals surface area contributed by atoms with Crippen molar-refractivity contribution < 1.29 is 14.7 Å². The van der Waals surface area contributed by atoms with Crippen LogP contribution in [0.3, 0.4) is 0 Å². The fraction of sp³-hybridized carbons (Fsp3) is 0.467. The summed E-state index contributed by atoms with van der Waals surface area (Å²) in [4.78, 5) is 23.2. The largest absolute Gasteiger partial charge is 0.478 e. The molecule has 0 radical (unpaired) electrons. The van der Waals surface area contributed by atoms with Crippen molar-refractivity contribution in [2.24, 2.45) is 5.92 Å². The predicted octanol–water partition coefficient (Wildman–Crippen LogP) is 2.02. The van der Waals surface area contributed by atoms with Gasteiger partial charge in [0, 0.05) is 6.42 Å². The highest BCUT2D eigenvalue weighted by Crippen LogP contribution is 2.21. The molecule has 20 heavy (non-hydrogen) atoms. The number of aromatic carboxylic acids is 1. The summed E-state index contributed by atoms with van der Waals surface area (Å²) in [7, 11) is 0. The summed E-state index contributed by atoms with van der Waals surface area (Å²) in [6.07, 6.45) is 2.38. The van der Waals surface area contributed by atoms with Gasteiger partial charge in [-0.3, -0.25) is 4.79 Å². The normalized spacial score (nSPS) is 17.9. The molecule has 3 N–H and O–H groups in total. The standard InChI is InChI=1S/C15H20N2O3/c1-10-3-2-4-12(14(10)15(19)20)17-13(18)6-5-11-7-8-16-9-11/h2-4,11,16H,5-9H2,1H3,(H,17,18)(H,19,20). The van der Waals surface area contributed by atoms with Crippen LogP contribution in [-0.4, -0.2) is 30.1 Å². The highest BCUT2D eigenvalue weighted by molar-refractivity contribution is 6.01. The molecule has 0 spiro atoms. The highest BCUT2D eigenvalue weighted by atomic mass is 16.4. The highest BCUT2D eigenvalue weighted by Gasteiger charge is 2.18. The first-order chi connectivity index (χ1) is 9.58. The van der Waals surface area contributed by atoms with E-state index >= 15 is 0 Å². The third-order valence-electron chi connectivity index (χ3n) is 3.70. The number of aryl methyl sites for hydroxylation is 1. The first-order valence-corrected chi connectivity index (χ1v) is 6.91. The predicted molar refractivity (Wildman–Crippen MR) is 77.0 cm³/mol. The van der Waals surface area contributed by atoms with Crippen molar-refractivity contribution in [2.75, 3.05) is 18.4 Å². The molecule has 5 heteroatoms. The molecule has 1 aliphatic rings. The van der Waals surface area contributed by atoms with Crippen LogP contribution in [0.15, 0.2) is 18.2 Å². The molecule has 1 unspecified atom stereocenters. The Bertz CT molecular complexity index is 508. The third kappa shape index (κ3) is 3.57. The Hall–Kier alpha value is -1.88. The van der Waals surface area contributed by atoms with Gasteiger partial charge in [-0.1, -0.05) is 12.1 Å². The van der Waals surface area contributed by atoms with E-state index in [0.717, 1.165) is 25.9 Å². The molecule has 1 saturated heterocycles. The second-order valence-corrected chi connectivity index (χ2v) is 5.25. The molecule has 1 fully saturated rings. The van der Waals surface area contributed by atoms with Gasteiger partial charge in [0.05, 0.1) is 11.3 Å². The van der Waals surface area contributed by atoms with Gasteiger partial charge in [-0.2, -0.15) is 0 Å². The van der Waals surface area contributed by atoms with Crippen molar-refractivity contribution in [3.05, 3.63) is 29.3 Å². The fourth-order valence-electron chi connectivity index (χ4n) is 2.56. The lowest BCUT2D eigenvalue weighted by Crippen LogP contribution is -2.17. The van der Waals surface area contributed by atoms with E-state index in [1.165, 1.54) is 0 Å². The molecule has 0 aliphatic carbocycles. The van der Waals surface area contributed by atoms with E-state index < -0.39 is 5.97 Å². The number of rotatable bonds is 5. The number of carbonyl (C=O) groups excluding carboxylic acids is 1. The Kier molecular flexibility index (Phi) is 4.74. The molecule has 2 rings (SSSR count). The van der Waals surface area contributed by atoms with Crippen LogP contribution < -0.4 is 10.6 Å². The minimum absolute atomic E-state index is 0.120. The fourth-order valence-corrected chi connectivity index (χ4v) is 2.56. The Morgan fingerprint density at radius 2 is 2.25 bits per heavy atom. The van der Waals surface area contributed by atoms with Gasteiger partial charge in [-0.05, 0) is 50.4 Å². The minimum atomic E-state index is -1.02. The Labute approximate surface area is 118 Å². The summed E-state index contributed by atoms with van der Waals surface area (Å²) in [5.41, 5.74) is 1.20. The summed E-state index contributed by atoms with van der Waals surface area (Å²) < 4.78 is 0. The van der Waals surface area contributed by atoms with E-state index in [9.17, 15) is 14.7 Å². The van der Waals surface area contributed by atoms with Crippen molar-refractivity contribution in [2.45, 2.75) is 26.2 Å². The van der Waals surface area contributed by atoms with Gasteiger partial charge in [0.25, 0.3) is 0 Å². The number of anilines is 1. The second-order valence-electron chi connectivity index (χ2n) is 5.25. The quantitative estimate of drug-likeness (QED) is 0.769. The smallest absolute Gasteiger partial charge is 0.338 e. The molecule has 108 valence electrons. The zero-order valence-electron chi connectivity index (χ0n) is 11.6. The molecular weight excluding hydrogens is 256 g/mol. The lowest BCUT2D eigenvalue weighted by atomic mass is 10.0. The SMILES string of the molecule is Cc1cccc(NC(=O)CCC2CCNC2)c1C(=O)O. The average molecular weight is 276 g/mol. The van der Waals surface area contributed by atoms with Crippen molar-refractivity contribution >= 4 is 17.6 Å². The van der Waals surface area contributed by atoms with Crippen LogP contribution in [0.2, 0.25) is 0 Å². The molecule has 1 aromatic rings. The van der Waals surface area contributed by atoms with Crippen molar-refractivity contribution in [1.82, 2.24) is 5.32 Å². The van der Waals surface area contributed by atoms with Crippen molar-refractivity contribution in [1.29, 1.82) is 0 Å². The molecule has 0 aromatic heterocycles. The van der Waals surface area contributed by atoms with Crippen LogP contribution >= 0.6 is 0 Å². The summed E-state index contributed by atoms with van der Waals surface area (Å²) in [6.45, 7) is 3.72. The van der Waals surface area contributed by atoms with E-state index in [-0.39, 0.29) is 11.5 Å². The monoisotopic (exact) mass is 276 g/mol. The Morgan fingerprint density at radius 1 is 1.45 bits per heavy atom. The number of carboxylic acids is 1. The molecule has 1 atom stereocenters. The number of carbonyl (C=O) groups is 2. The van der Waals surface area contributed by atoms with E-state index in [1.807, 2.05) is 0 Å². The summed E-state index contributed by atoms with van der Waals surface area (Å²) in [5.74, 6) is -0.583. The van der Waals surface area contributed by atoms with Crippen molar-refractivity contribution in [3.63, 3.8) is 0 Å². The molecule has 1 aliphatic heterocycles. The summed E-state index contributed by atoms with van der Waals surface area (Å²) >= 11 is 0. The minimum Gasteiger partial charge on any atom is -0.478 e. The molecule has 1 heterocycles. The van der Waals surface area contributed by atoms with Crippen LogP contribution in [-0.2, 0) is 4.79 Å². The third-order valence-corrected chi connectivity index (χ3v) is 3.70. The van der Waals surface area contributed by atoms with Crippen LogP contribution in [0.4, 0.5) is 5.69 Å². The number of amides is 1. The maximum absolute atomic E-state index is 11.9. The van der Waals surface area contributed by atoms with E-state index in [0.29, 0.717) is 23.6 Å². The van der Waals surface area contributed by atoms with Crippen LogP contribution in [0.5, 0.6) is 0 Å². The summed E-state index contributed by atoms with van der Waals surface area (Å²) in [5, 5.41) is 15.2. The number of carboxylic acid groups (broad SMARTS) is 1. The lowest BCUT2D eigenvalue weighted by Gasteiger charge is -2.12. The number of nitrogens with one attached hydrogen (secondary N) is 2. The van der Waals surface area contributed by atoms with Gasteiger partial charge in [0.1, 0.15) is 0 Å². The van der Waals surface area contributed by atoms with E-state index in [2.05, 4.69) is 10.6 Å². The topological polar surface area (TPSA) is 78.4 Å². The zero-order valence-corrected chi connectivity index (χ0v) is 11.6. The molecular formula is C15H20N2O3. The molecule has 5 nitrogen and oxygen atoms in total. The molecule has 0 bridgehead atoms.